The zero-order valence-corrected chi connectivity index (χ0v) is 15.1. The zero-order chi connectivity index (χ0) is 18.5. The molecule has 2 N–H and O–H groups in total. The third kappa shape index (κ3) is 4.19. The van der Waals surface area contributed by atoms with Crippen LogP contribution in [0.15, 0.2) is 18.2 Å². The number of methoxy groups -OCH3 is 2. The van der Waals surface area contributed by atoms with Gasteiger partial charge in [0, 0.05) is 37.9 Å². The number of nitrogens with zero attached hydrogens (tertiary/aromatic N) is 1. The quantitative estimate of drug-likeness (QED) is 0.795. The van der Waals surface area contributed by atoms with E-state index in [2.05, 4.69) is 10.6 Å². The first kappa shape index (κ1) is 18.3. The van der Waals surface area contributed by atoms with E-state index in [0.717, 1.165) is 25.1 Å². The summed E-state index contributed by atoms with van der Waals surface area (Å²) in [4.78, 5) is 26.0. The molecule has 0 bridgehead atoms. The molecule has 2 fully saturated rings. The second-order valence-corrected chi connectivity index (χ2v) is 6.43. The number of amides is 3. The van der Waals surface area contributed by atoms with Gasteiger partial charge in [0.05, 0.1) is 26.4 Å². The minimum Gasteiger partial charge on any atom is -0.493 e. The standard InChI is InChI=1S/C18H25N3O5/c1-24-15-6-5-13(9-16(15)25-2)21-11-12(8-17(21)22)20-18(23)19-10-14-4-3-7-26-14/h5-6,9,12,14H,3-4,7-8,10-11H2,1-2H3,(H2,19,20,23). The molecule has 3 amide bonds. The molecule has 2 heterocycles. The first-order chi connectivity index (χ1) is 12.6. The summed E-state index contributed by atoms with van der Waals surface area (Å²) < 4.78 is 16.0. The molecule has 2 aliphatic rings. The molecular weight excluding hydrogens is 338 g/mol. The molecule has 2 atom stereocenters. The van der Waals surface area contributed by atoms with Gasteiger partial charge in [-0.05, 0) is 25.0 Å². The number of carbonyl (C=O) groups excluding carboxylic acids is 2. The van der Waals surface area contributed by atoms with E-state index in [-0.39, 0.29) is 30.5 Å². The maximum atomic E-state index is 12.3. The van der Waals surface area contributed by atoms with E-state index in [9.17, 15) is 9.59 Å². The van der Waals surface area contributed by atoms with Gasteiger partial charge in [-0.1, -0.05) is 0 Å². The Hall–Kier alpha value is -2.48. The van der Waals surface area contributed by atoms with Crippen molar-refractivity contribution >= 4 is 17.6 Å². The van der Waals surface area contributed by atoms with Gasteiger partial charge < -0.3 is 29.7 Å². The molecule has 1 aromatic rings. The Kier molecular flexibility index (Phi) is 5.82. The molecule has 8 heteroatoms. The molecule has 2 unspecified atom stereocenters. The molecule has 3 rings (SSSR count). The third-order valence-electron chi connectivity index (χ3n) is 4.65. The van der Waals surface area contributed by atoms with Crippen molar-refractivity contribution in [3.8, 4) is 11.5 Å². The van der Waals surface area contributed by atoms with Gasteiger partial charge in [-0.25, -0.2) is 4.79 Å². The second kappa shape index (κ2) is 8.27. The maximum absolute atomic E-state index is 12.3. The normalized spacial score (nSPS) is 22.4. The number of hydrogen-bond donors (Lipinski definition) is 2. The number of anilines is 1. The van der Waals surface area contributed by atoms with E-state index in [4.69, 9.17) is 14.2 Å². The van der Waals surface area contributed by atoms with Gasteiger partial charge in [-0.15, -0.1) is 0 Å². The summed E-state index contributed by atoms with van der Waals surface area (Å²) in [6, 6.07) is 4.82. The highest BCUT2D eigenvalue weighted by Crippen LogP contribution is 2.33. The number of benzene rings is 1. The van der Waals surface area contributed by atoms with E-state index >= 15 is 0 Å². The summed E-state index contributed by atoms with van der Waals surface area (Å²) in [7, 11) is 3.11. The smallest absolute Gasteiger partial charge is 0.315 e. The Morgan fingerprint density at radius 3 is 2.81 bits per heavy atom. The predicted octanol–water partition coefficient (Wildman–Crippen LogP) is 1.29. The molecule has 0 spiro atoms. The average molecular weight is 363 g/mol. The van der Waals surface area contributed by atoms with Crippen molar-refractivity contribution in [2.24, 2.45) is 0 Å². The number of carbonyl (C=O) groups is 2. The van der Waals surface area contributed by atoms with Crippen LogP contribution in [0.5, 0.6) is 11.5 Å². The summed E-state index contributed by atoms with van der Waals surface area (Å²) in [5, 5.41) is 5.67. The van der Waals surface area contributed by atoms with Crippen molar-refractivity contribution < 1.29 is 23.8 Å². The van der Waals surface area contributed by atoms with E-state index in [1.54, 1.807) is 37.3 Å². The van der Waals surface area contributed by atoms with Crippen LogP contribution in [0.2, 0.25) is 0 Å². The van der Waals surface area contributed by atoms with Crippen molar-refractivity contribution in [1.82, 2.24) is 10.6 Å². The summed E-state index contributed by atoms with van der Waals surface area (Å²) in [6.45, 7) is 1.67. The highest BCUT2D eigenvalue weighted by molar-refractivity contribution is 5.97. The lowest BCUT2D eigenvalue weighted by atomic mass is 10.2. The van der Waals surface area contributed by atoms with Gasteiger partial charge in [0.15, 0.2) is 11.5 Å². The number of urea groups is 1. The van der Waals surface area contributed by atoms with Crippen LogP contribution in [0, 0.1) is 0 Å². The first-order valence-corrected chi connectivity index (χ1v) is 8.79. The number of ether oxygens (including phenoxy) is 3. The first-order valence-electron chi connectivity index (χ1n) is 8.79. The summed E-state index contributed by atoms with van der Waals surface area (Å²) in [5.74, 6) is 1.12. The molecule has 0 radical (unpaired) electrons. The van der Waals surface area contributed by atoms with Crippen LogP contribution in [0.1, 0.15) is 19.3 Å². The molecule has 0 aromatic heterocycles. The van der Waals surface area contributed by atoms with Crippen LogP contribution < -0.4 is 25.0 Å². The van der Waals surface area contributed by atoms with Crippen LogP contribution in [0.4, 0.5) is 10.5 Å². The van der Waals surface area contributed by atoms with Gasteiger partial charge in [0.2, 0.25) is 5.91 Å². The fraction of sp³-hybridized carbons (Fsp3) is 0.556. The van der Waals surface area contributed by atoms with Crippen LogP contribution in [0.25, 0.3) is 0 Å². The Balaban J connectivity index is 1.55. The fourth-order valence-corrected chi connectivity index (χ4v) is 3.29. The number of nitrogens with one attached hydrogen (secondary N) is 2. The van der Waals surface area contributed by atoms with Crippen molar-refractivity contribution in [1.29, 1.82) is 0 Å². The average Bonchev–Trinajstić information content (AvgIpc) is 3.29. The second-order valence-electron chi connectivity index (χ2n) is 6.43. The van der Waals surface area contributed by atoms with Crippen molar-refractivity contribution in [2.75, 3.05) is 38.8 Å². The molecule has 26 heavy (non-hydrogen) atoms. The Bertz CT molecular complexity index is 660. The topological polar surface area (TPSA) is 89.1 Å². The molecule has 8 nitrogen and oxygen atoms in total. The van der Waals surface area contributed by atoms with E-state index in [1.165, 1.54) is 0 Å². The van der Waals surface area contributed by atoms with E-state index in [1.807, 2.05) is 0 Å². The monoisotopic (exact) mass is 363 g/mol. The zero-order valence-electron chi connectivity index (χ0n) is 15.1. The SMILES string of the molecule is COc1ccc(N2CC(NC(=O)NCC3CCCO3)CC2=O)cc1OC. The van der Waals surface area contributed by atoms with Crippen molar-refractivity contribution in [3.63, 3.8) is 0 Å². The minimum atomic E-state index is -0.271. The van der Waals surface area contributed by atoms with Crippen LogP contribution in [0.3, 0.4) is 0 Å². The number of rotatable bonds is 6. The lowest BCUT2D eigenvalue weighted by molar-refractivity contribution is -0.117. The van der Waals surface area contributed by atoms with Gasteiger partial charge >= 0.3 is 6.03 Å². The molecule has 1 aromatic carbocycles. The lowest BCUT2D eigenvalue weighted by Crippen LogP contribution is -2.45. The fourth-order valence-electron chi connectivity index (χ4n) is 3.29. The van der Waals surface area contributed by atoms with Crippen molar-refractivity contribution in [3.05, 3.63) is 18.2 Å². The van der Waals surface area contributed by atoms with Crippen LogP contribution >= 0.6 is 0 Å². The highest BCUT2D eigenvalue weighted by Gasteiger charge is 2.32. The van der Waals surface area contributed by atoms with Gasteiger partial charge in [-0.3, -0.25) is 4.79 Å². The number of hydrogen-bond acceptors (Lipinski definition) is 5. The molecular formula is C18H25N3O5. The molecule has 0 aliphatic carbocycles. The highest BCUT2D eigenvalue weighted by atomic mass is 16.5. The largest absolute Gasteiger partial charge is 0.493 e. The Morgan fingerprint density at radius 1 is 1.31 bits per heavy atom. The van der Waals surface area contributed by atoms with Gasteiger partial charge in [0.1, 0.15) is 0 Å². The van der Waals surface area contributed by atoms with E-state index < -0.39 is 0 Å². The molecule has 0 saturated carbocycles. The minimum absolute atomic E-state index is 0.0401. The van der Waals surface area contributed by atoms with Crippen LogP contribution in [-0.4, -0.2) is 58.0 Å². The lowest BCUT2D eigenvalue weighted by Gasteiger charge is -2.19. The predicted molar refractivity (Wildman–Crippen MR) is 95.8 cm³/mol. The summed E-state index contributed by atoms with van der Waals surface area (Å²) in [5.41, 5.74) is 0.719. The van der Waals surface area contributed by atoms with Crippen molar-refractivity contribution in [2.45, 2.75) is 31.4 Å². The Labute approximate surface area is 152 Å². The molecule has 2 aliphatic heterocycles. The van der Waals surface area contributed by atoms with E-state index in [0.29, 0.717) is 24.6 Å². The summed E-state index contributed by atoms with van der Waals surface area (Å²) >= 11 is 0. The Morgan fingerprint density at radius 2 is 2.12 bits per heavy atom. The maximum Gasteiger partial charge on any atom is 0.315 e. The molecule has 142 valence electrons. The third-order valence-corrected chi connectivity index (χ3v) is 4.65. The van der Waals surface area contributed by atoms with Gasteiger partial charge in [0.25, 0.3) is 0 Å². The summed E-state index contributed by atoms with van der Waals surface area (Å²) in [6.07, 6.45) is 2.36. The van der Waals surface area contributed by atoms with Crippen LogP contribution in [-0.2, 0) is 9.53 Å². The molecule has 2 saturated heterocycles. The van der Waals surface area contributed by atoms with Gasteiger partial charge in [-0.2, -0.15) is 0 Å².